The Kier molecular flexibility index (Phi) is 3.15. The molecule has 3 rings (SSSR count). The van der Waals surface area contributed by atoms with E-state index in [1.54, 1.807) is 0 Å². The molecule has 0 N–H and O–H groups in total. The Morgan fingerprint density at radius 2 is 1.90 bits per heavy atom. The van der Waals surface area contributed by atoms with Crippen LogP contribution in [0.2, 0.25) is 0 Å². The van der Waals surface area contributed by atoms with Gasteiger partial charge in [-0.15, -0.1) is 0 Å². The van der Waals surface area contributed by atoms with Crippen LogP contribution in [0.5, 0.6) is 0 Å². The first-order valence-electron chi connectivity index (χ1n) is 7.46. The standard InChI is InChI=1S/C17H23N3/c1-12-7-5-6-8-14(12)11-15-18-16(13-9-10-13)19-20(15)17(2,3)4/h5-8,13H,9-11H2,1-4H3. The van der Waals surface area contributed by atoms with Gasteiger partial charge in [0.25, 0.3) is 0 Å². The van der Waals surface area contributed by atoms with E-state index < -0.39 is 0 Å². The van der Waals surface area contributed by atoms with Crippen molar-refractivity contribution in [3.63, 3.8) is 0 Å². The summed E-state index contributed by atoms with van der Waals surface area (Å²) in [5.74, 6) is 2.74. The van der Waals surface area contributed by atoms with Crippen LogP contribution in [0, 0.1) is 6.92 Å². The van der Waals surface area contributed by atoms with Crippen LogP contribution in [0.15, 0.2) is 24.3 Å². The Morgan fingerprint density at radius 3 is 2.50 bits per heavy atom. The number of nitrogens with zero attached hydrogens (tertiary/aromatic N) is 3. The maximum Gasteiger partial charge on any atom is 0.154 e. The molecule has 0 radical (unpaired) electrons. The summed E-state index contributed by atoms with van der Waals surface area (Å²) in [6, 6.07) is 8.54. The molecule has 1 aliphatic carbocycles. The van der Waals surface area contributed by atoms with Crippen molar-refractivity contribution in [3.8, 4) is 0 Å². The van der Waals surface area contributed by atoms with Crippen LogP contribution in [0.3, 0.4) is 0 Å². The molecule has 106 valence electrons. The quantitative estimate of drug-likeness (QED) is 0.848. The number of aryl methyl sites for hydroxylation is 1. The average Bonchev–Trinajstić information content (AvgIpc) is 3.12. The molecule has 1 saturated carbocycles. The largest absolute Gasteiger partial charge is 0.244 e. The van der Waals surface area contributed by atoms with Gasteiger partial charge in [-0.2, -0.15) is 5.10 Å². The average molecular weight is 269 g/mol. The van der Waals surface area contributed by atoms with Crippen molar-refractivity contribution in [3.05, 3.63) is 47.0 Å². The fourth-order valence-electron chi connectivity index (χ4n) is 2.51. The van der Waals surface area contributed by atoms with Gasteiger partial charge in [-0.3, -0.25) is 0 Å². The summed E-state index contributed by atoms with van der Waals surface area (Å²) >= 11 is 0. The first-order valence-corrected chi connectivity index (χ1v) is 7.46. The summed E-state index contributed by atoms with van der Waals surface area (Å²) in [7, 11) is 0. The van der Waals surface area contributed by atoms with Gasteiger partial charge in [-0.05, 0) is 51.7 Å². The summed E-state index contributed by atoms with van der Waals surface area (Å²) in [6.45, 7) is 8.74. The van der Waals surface area contributed by atoms with Gasteiger partial charge in [0, 0.05) is 12.3 Å². The van der Waals surface area contributed by atoms with E-state index in [4.69, 9.17) is 10.1 Å². The topological polar surface area (TPSA) is 30.7 Å². The number of benzene rings is 1. The Hall–Kier alpha value is -1.64. The highest BCUT2D eigenvalue weighted by Crippen LogP contribution is 2.38. The molecule has 3 nitrogen and oxygen atoms in total. The summed E-state index contributed by atoms with van der Waals surface area (Å²) in [5, 5.41) is 4.77. The zero-order chi connectivity index (χ0) is 14.3. The van der Waals surface area contributed by atoms with E-state index in [2.05, 4.69) is 56.6 Å². The minimum atomic E-state index is -0.0157. The van der Waals surface area contributed by atoms with Gasteiger partial charge in [0.2, 0.25) is 0 Å². The van der Waals surface area contributed by atoms with E-state index in [1.807, 2.05) is 0 Å². The summed E-state index contributed by atoms with van der Waals surface area (Å²) in [4.78, 5) is 4.83. The van der Waals surface area contributed by atoms with Crippen molar-refractivity contribution >= 4 is 0 Å². The van der Waals surface area contributed by atoms with E-state index in [-0.39, 0.29) is 5.54 Å². The second kappa shape index (κ2) is 4.72. The van der Waals surface area contributed by atoms with Crippen molar-refractivity contribution in [1.82, 2.24) is 14.8 Å². The van der Waals surface area contributed by atoms with E-state index >= 15 is 0 Å². The fraction of sp³-hybridized carbons (Fsp3) is 0.529. The lowest BCUT2D eigenvalue weighted by molar-refractivity contribution is 0.341. The summed E-state index contributed by atoms with van der Waals surface area (Å²) in [5.41, 5.74) is 2.65. The Labute approximate surface area is 121 Å². The molecule has 0 aliphatic heterocycles. The number of aromatic nitrogens is 3. The second-order valence-electron chi connectivity index (χ2n) is 6.85. The zero-order valence-corrected chi connectivity index (χ0v) is 12.8. The molecule has 0 unspecified atom stereocenters. The normalized spacial score (nSPS) is 15.6. The van der Waals surface area contributed by atoms with E-state index in [0.29, 0.717) is 5.92 Å². The Bertz CT molecular complexity index is 615. The molecule has 2 aromatic rings. The van der Waals surface area contributed by atoms with Gasteiger partial charge in [0.15, 0.2) is 5.82 Å². The first kappa shape index (κ1) is 13.3. The Balaban J connectivity index is 1.97. The molecule has 0 bridgehead atoms. The molecular formula is C17H23N3. The smallest absolute Gasteiger partial charge is 0.154 e. The van der Waals surface area contributed by atoms with Crippen LogP contribution >= 0.6 is 0 Å². The molecule has 1 aromatic heterocycles. The molecule has 3 heteroatoms. The molecule has 0 amide bonds. The van der Waals surface area contributed by atoms with Crippen molar-refractivity contribution < 1.29 is 0 Å². The molecule has 0 saturated heterocycles. The van der Waals surface area contributed by atoms with Crippen LogP contribution in [-0.4, -0.2) is 14.8 Å². The number of hydrogen-bond acceptors (Lipinski definition) is 2. The highest BCUT2D eigenvalue weighted by Gasteiger charge is 2.31. The number of hydrogen-bond donors (Lipinski definition) is 0. The van der Waals surface area contributed by atoms with Crippen LogP contribution in [0.1, 0.15) is 62.3 Å². The van der Waals surface area contributed by atoms with Crippen molar-refractivity contribution in [2.45, 2.75) is 58.4 Å². The van der Waals surface area contributed by atoms with Crippen molar-refractivity contribution in [1.29, 1.82) is 0 Å². The van der Waals surface area contributed by atoms with Gasteiger partial charge >= 0.3 is 0 Å². The predicted octanol–water partition coefficient (Wildman–Crippen LogP) is 3.81. The minimum absolute atomic E-state index is 0.0157. The minimum Gasteiger partial charge on any atom is -0.244 e. The molecule has 0 spiro atoms. The highest BCUT2D eigenvalue weighted by molar-refractivity contribution is 5.28. The SMILES string of the molecule is Cc1ccccc1Cc1nc(C2CC2)nn1C(C)(C)C. The molecule has 0 atom stereocenters. The van der Waals surface area contributed by atoms with E-state index in [9.17, 15) is 0 Å². The monoisotopic (exact) mass is 269 g/mol. The van der Waals surface area contributed by atoms with Gasteiger partial charge in [-0.25, -0.2) is 9.67 Å². The molecule has 1 fully saturated rings. The third kappa shape index (κ3) is 2.62. The molecule has 1 aliphatic rings. The van der Waals surface area contributed by atoms with Crippen LogP contribution in [-0.2, 0) is 12.0 Å². The molecule has 20 heavy (non-hydrogen) atoms. The van der Waals surface area contributed by atoms with Crippen LogP contribution in [0.25, 0.3) is 0 Å². The van der Waals surface area contributed by atoms with Gasteiger partial charge in [0.1, 0.15) is 5.82 Å². The lowest BCUT2D eigenvalue weighted by Crippen LogP contribution is -2.26. The van der Waals surface area contributed by atoms with Gasteiger partial charge < -0.3 is 0 Å². The summed E-state index contributed by atoms with van der Waals surface area (Å²) in [6.07, 6.45) is 3.36. The summed E-state index contributed by atoms with van der Waals surface area (Å²) < 4.78 is 2.12. The molecular weight excluding hydrogens is 246 g/mol. The van der Waals surface area contributed by atoms with E-state index in [0.717, 1.165) is 18.1 Å². The number of rotatable bonds is 3. The molecule has 1 heterocycles. The van der Waals surface area contributed by atoms with Gasteiger partial charge in [0.05, 0.1) is 5.54 Å². The van der Waals surface area contributed by atoms with Crippen molar-refractivity contribution in [2.24, 2.45) is 0 Å². The van der Waals surface area contributed by atoms with E-state index in [1.165, 1.54) is 24.0 Å². The zero-order valence-electron chi connectivity index (χ0n) is 12.8. The molecule has 1 aromatic carbocycles. The lowest BCUT2D eigenvalue weighted by Gasteiger charge is -2.21. The Morgan fingerprint density at radius 1 is 1.20 bits per heavy atom. The maximum atomic E-state index is 4.83. The first-order chi connectivity index (χ1) is 9.45. The lowest BCUT2D eigenvalue weighted by atomic mass is 10.0. The third-order valence-corrected chi connectivity index (χ3v) is 3.88. The van der Waals surface area contributed by atoms with Crippen molar-refractivity contribution in [2.75, 3.05) is 0 Å². The highest BCUT2D eigenvalue weighted by atomic mass is 15.4. The van der Waals surface area contributed by atoms with Crippen LogP contribution < -0.4 is 0 Å². The fourth-order valence-corrected chi connectivity index (χ4v) is 2.51. The second-order valence-corrected chi connectivity index (χ2v) is 6.85. The van der Waals surface area contributed by atoms with Gasteiger partial charge in [-0.1, -0.05) is 24.3 Å². The predicted molar refractivity (Wildman–Crippen MR) is 81.0 cm³/mol. The third-order valence-electron chi connectivity index (χ3n) is 3.88. The maximum absolute atomic E-state index is 4.83. The van der Waals surface area contributed by atoms with Crippen LogP contribution in [0.4, 0.5) is 0 Å².